The van der Waals surface area contributed by atoms with Crippen molar-refractivity contribution < 1.29 is 0 Å². The summed E-state index contributed by atoms with van der Waals surface area (Å²) in [6, 6.07) is 14.1. The van der Waals surface area contributed by atoms with E-state index >= 15 is 0 Å². The van der Waals surface area contributed by atoms with Crippen LogP contribution in [0.4, 0.5) is 0 Å². The quantitative estimate of drug-likeness (QED) is 0.576. The van der Waals surface area contributed by atoms with Crippen molar-refractivity contribution in [2.75, 3.05) is 0 Å². The van der Waals surface area contributed by atoms with E-state index in [1.807, 2.05) is 24.3 Å². The van der Waals surface area contributed by atoms with Gasteiger partial charge in [0.2, 0.25) is 0 Å². The Labute approximate surface area is 134 Å². The number of nitrogens with zero attached hydrogens (tertiary/aromatic N) is 1. The van der Waals surface area contributed by atoms with E-state index < -0.39 is 0 Å². The summed E-state index contributed by atoms with van der Waals surface area (Å²) in [4.78, 5) is 3.25. The minimum absolute atomic E-state index is 0.0353. The molecule has 4 heteroatoms. The van der Waals surface area contributed by atoms with Crippen molar-refractivity contribution in [1.82, 2.24) is 9.55 Å². The van der Waals surface area contributed by atoms with Crippen LogP contribution < -0.4 is 0 Å². The Bertz CT molecular complexity index is 868. The lowest BCUT2D eigenvalue weighted by Crippen LogP contribution is -2.15. The number of aromatic nitrogens is 2. The predicted octanol–water partition coefficient (Wildman–Crippen LogP) is 5.64. The molecule has 2 nitrogen and oxygen atoms in total. The average Bonchev–Trinajstić information content (AvgIpc) is 2.73. The monoisotopic (exact) mass is 316 g/mol. The van der Waals surface area contributed by atoms with E-state index in [2.05, 4.69) is 48.5 Å². The van der Waals surface area contributed by atoms with Crippen LogP contribution in [0, 0.1) is 4.77 Å². The lowest BCUT2D eigenvalue weighted by Gasteiger charge is -2.23. The molecule has 0 unspecified atom stereocenters. The molecule has 3 aromatic rings. The first-order chi connectivity index (χ1) is 9.88. The molecule has 108 valence electrons. The van der Waals surface area contributed by atoms with E-state index in [0.717, 1.165) is 16.7 Å². The number of hydrogen-bond acceptors (Lipinski definition) is 1. The Morgan fingerprint density at radius 3 is 2.52 bits per heavy atom. The fourth-order valence-electron chi connectivity index (χ4n) is 2.62. The second-order valence-corrected chi connectivity index (χ2v) is 7.02. The number of para-hydroxylation sites is 1. The molecular weight excluding hydrogens is 300 g/mol. The van der Waals surface area contributed by atoms with Gasteiger partial charge in [-0.1, -0.05) is 50.6 Å². The first-order valence-electron chi connectivity index (χ1n) is 6.88. The van der Waals surface area contributed by atoms with Crippen LogP contribution in [0.15, 0.2) is 42.5 Å². The van der Waals surface area contributed by atoms with Crippen LogP contribution in [0.2, 0.25) is 5.02 Å². The topological polar surface area (TPSA) is 20.7 Å². The smallest absolute Gasteiger partial charge is 0.182 e. The molecule has 3 rings (SSSR count). The van der Waals surface area contributed by atoms with Crippen LogP contribution in [0.5, 0.6) is 0 Å². The molecule has 0 atom stereocenters. The average molecular weight is 317 g/mol. The second kappa shape index (κ2) is 5.00. The Kier molecular flexibility index (Phi) is 3.42. The molecule has 0 amide bonds. The van der Waals surface area contributed by atoms with Crippen molar-refractivity contribution in [2.24, 2.45) is 0 Å². The second-order valence-electron chi connectivity index (χ2n) is 6.19. The van der Waals surface area contributed by atoms with Crippen molar-refractivity contribution >= 4 is 34.9 Å². The lowest BCUT2D eigenvalue weighted by molar-refractivity contribution is 0.586. The third-order valence-electron chi connectivity index (χ3n) is 3.60. The highest BCUT2D eigenvalue weighted by Gasteiger charge is 2.20. The van der Waals surface area contributed by atoms with Crippen LogP contribution in [0.3, 0.4) is 0 Å². The van der Waals surface area contributed by atoms with Crippen LogP contribution in [-0.4, -0.2) is 9.55 Å². The van der Waals surface area contributed by atoms with Crippen molar-refractivity contribution in [3.8, 4) is 5.69 Å². The molecule has 21 heavy (non-hydrogen) atoms. The highest BCUT2D eigenvalue weighted by molar-refractivity contribution is 7.71. The van der Waals surface area contributed by atoms with E-state index in [1.165, 1.54) is 5.56 Å². The molecular formula is C17H17ClN2S. The van der Waals surface area contributed by atoms with Crippen molar-refractivity contribution in [1.29, 1.82) is 0 Å². The first-order valence-corrected chi connectivity index (χ1v) is 7.67. The minimum atomic E-state index is 0.0353. The largest absolute Gasteiger partial charge is 0.330 e. The van der Waals surface area contributed by atoms with E-state index in [1.54, 1.807) is 0 Å². The van der Waals surface area contributed by atoms with E-state index in [4.69, 9.17) is 23.8 Å². The van der Waals surface area contributed by atoms with Gasteiger partial charge in [0.15, 0.2) is 4.77 Å². The summed E-state index contributed by atoms with van der Waals surface area (Å²) < 4.78 is 2.75. The zero-order valence-corrected chi connectivity index (χ0v) is 13.8. The Balaban J connectivity index is 2.39. The zero-order valence-electron chi connectivity index (χ0n) is 12.3. The SMILES string of the molecule is CC(C)(C)c1ccccc1-n1c(=S)[nH]c2ccc(Cl)cc21. The number of rotatable bonds is 1. The Hall–Kier alpha value is -1.58. The molecule has 0 saturated heterocycles. The normalized spacial score (nSPS) is 12.0. The number of hydrogen-bond donors (Lipinski definition) is 1. The predicted molar refractivity (Wildman–Crippen MR) is 92.2 cm³/mol. The van der Waals surface area contributed by atoms with Crippen LogP contribution in [0.1, 0.15) is 26.3 Å². The fraction of sp³-hybridized carbons (Fsp3) is 0.235. The number of benzene rings is 2. The molecule has 0 bridgehead atoms. The molecule has 0 aliphatic rings. The highest BCUT2D eigenvalue weighted by atomic mass is 35.5. The van der Waals surface area contributed by atoms with Gasteiger partial charge in [0.25, 0.3) is 0 Å². The van der Waals surface area contributed by atoms with Gasteiger partial charge in [-0.2, -0.15) is 0 Å². The molecule has 0 radical (unpaired) electrons. The number of imidazole rings is 1. The van der Waals surface area contributed by atoms with Gasteiger partial charge in [-0.05, 0) is 47.5 Å². The summed E-state index contributed by atoms with van der Waals surface area (Å²) in [5, 5.41) is 0.707. The number of nitrogens with one attached hydrogen (secondary N) is 1. The fourth-order valence-corrected chi connectivity index (χ4v) is 3.09. The van der Waals surface area contributed by atoms with Crippen LogP contribution in [0.25, 0.3) is 16.7 Å². The van der Waals surface area contributed by atoms with Gasteiger partial charge in [0.05, 0.1) is 16.7 Å². The van der Waals surface area contributed by atoms with E-state index in [9.17, 15) is 0 Å². The molecule has 0 fully saturated rings. The number of fused-ring (bicyclic) bond motifs is 1. The van der Waals surface area contributed by atoms with E-state index in [0.29, 0.717) is 9.79 Å². The molecule has 0 aliphatic carbocycles. The molecule has 1 aromatic heterocycles. The van der Waals surface area contributed by atoms with Crippen LogP contribution >= 0.6 is 23.8 Å². The Morgan fingerprint density at radius 2 is 1.81 bits per heavy atom. The lowest BCUT2D eigenvalue weighted by atomic mass is 9.86. The minimum Gasteiger partial charge on any atom is -0.330 e. The molecule has 0 saturated carbocycles. The summed E-state index contributed by atoms with van der Waals surface area (Å²) in [6.07, 6.45) is 0. The molecule has 0 aliphatic heterocycles. The first kappa shape index (κ1) is 14.4. The number of halogens is 1. The van der Waals surface area contributed by atoms with Gasteiger partial charge in [-0.25, -0.2) is 0 Å². The molecule has 1 heterocycles. The number of aromatic amines is 1. The Morgan fingerprint density at radius 1 is 1.10 bits per heavy atom. The maximum Gasteiger partial charge on any atom is 0.182 e. The summed E-state index contributed by atoms with van der Waals surface area (Å²) in [6.45, 7) is 6.62. The van der Waals surface area contributed by atoms with Gasteiger partial charge >= 0.3 is 0 Å². The van der Waals surface area contributed by atoms with E-state index in [-0.39, 0.29) is 5.41 Å². The van der Waals surface area contributed by atoms with Gasteiger partial charge in [0, 0.05) is 5.02 Å². The van der Waals surface area contributed by atoms with Crippen LogP contribution in [-0.2, 0) is 5.41 Å². The van der Waals surface area contributed by atoms with Crippen molar-refractivity contribution in [3.63, 3.8) is 0 Å². The summed E-state index contributed by atoms with van der Waals surface area (Å²) in [5.74, 6) is 0. The zero-order chi connectivity index (χ0) is 15.2. The molecule has 0 spiro atoms. The molecule has 2 aromatic carbocycles. The third-order valence-corrected chi connectivity index (χ3v) is 4.12. The standard InChI is InChI=1S/C17H17ClN2S/c1-17(2,3)12-6-4-5-7-14(12)20-15-10-11(18)8-9-13(15)19-16(20)21/h4-10H,1-3H3,(H,19,21). The highest BCUT2D eigenvalue weighted by Crippen LogP contribution is 2.31. The summed E-state index contributed by atoms with van der Waals surface area (Å²) in [5.41, 5.74) is 4.39. The third kappa shape index (κ3) is 2.52. The summed E-state index contributed by atoms with van der Waals surface area (Å²) in [7, 11) is 0. The maximum absolute atomic E-state index is 6.16. The summed E-state index contributed by atoms with van der Waals surface area (Å²) >= 11 is 11.7. The molecule has 1 N–H and O–H groups in total. The van der Waals surface area contributed by atoms with Crippen molar-refractivity contribution in [2.45, 2.75) is 26.2 Å². The van der Waals surface area contributed by atoms with Gasteiger partial charge < -0.3 is 4.98 Å². The van der Waals surface area contributed by atoms with Crippen molar-refractivity contribution in [3.05, 3.63) is 57.8 Å². The maximum atomic E-state index is 6.16. The van der Waals surface area contributed by atoms with Gasteiger partial charge in [-0.15, -0.1) is 0 Å². The van der Waals surface area contributed by atoms with Gasteiger partial charge in [0.1, 0.15) is 0 Å². The number of H-pyrrole nitrogens is 1. The van der Waals surface area contributed by atoms with Gasteiger partial charge in [-0.3, -0.25) is 4.57 Å².